The maximum Gasteiger partial charge on any atom is 0.0972 e. The van der Waals surface area contributed by atoms with Gasteiger partial charge in [0.15, 0.2) is 0 Å². The monoisotopic (exact) mass is 433 g/mol. The third-order valence-electron chi connectivity index (χ3n) is 9.96. The lowest BCUT2D eigenvalue weighted by Gasteiger charge is -2.57. The van der Waals surface area contributed by atoms with Gasteiger partial charge in [0.1, 0.15) is 0 Å². The summed E-state index contributed by atoms with van der Waals surface area (Å²) in [6.45, 7) is 2.31. The Morgan fingerprint density at radius 1 is 1.00 bits per heavy atom. The molecule has 1 heterocycles. The largest absolute Gasteiger partial charge is 0.393 e. The fraction of sp³-hybridized carbons (Fsp3) is 0.607. The number of allylic oxidation sites excluding steroid dienone is 2. The van der Waals surface area contributed by atoms with E-state index in [0.717, 1.165) is 43.9 Å². The summed E-state index contributed by atoms with van der Waals surface area (Å²) in [5.41, 5.74) is 0.231. The first-order valence-electron chi connectivity index (χ1n) is 12.5. The van der Waals surface area contributed by atoms with Crippen molar-refractivity contribution in [3.8, 4) is 0 Å². The highest BCUT2D eigenvalue weighted by Crippen LogP contribution is 2.65. The van der Waals surface area contributed by atoms with Crippen molar-refractivity contribution in [3.05, 3.63) is 48.3 Å². The molecule has 0 saturated heterocycles. The zero-order chi connectivity index (χ0) is 22.1. The predicted molar refractivity (Wildman–Crippen MR) is 126 cm³/mol. The molecule has 0 spiro atoms. The Labute approximate surface area is 190 Å². The molecule has 4 aliphatic carbocycles. The molecule has 170 valence electrons. The number of aromatic nitrogens is 1. The molecule has 0 amide bonds. The van der Waals surface area contributed by atoms with Crippen LogP contribution in [0.5, 0.6) is 0 Å². The van der Waals surface area contributed by atoms with E-state index in [1.54, 1.807) is 0 Å². The Bertz CT molecular complexity index is 1080. The van der Waals surface area contributed by atoms with Gasteiger partial charge in [0.05, 0.1) is 17.3 Å². The van der Waals surface area contributed by atoms with Crippen LogP contribution in [-0.4, -0.2) is 37.6 Å². The molecule has 6 rings (SSSR count). The van der Waals surface area contributed by atoms with Crippen LogP contribution >= 0.6 is 0 Å². The van der Waals surface area contributed by atoms with Crippen LogP contribution in [0.2, 0.25) is 0 Å². The van der Waals surface area contributed by atoms with Crippen LogP contribution in [0.4, 0.5) is 0 Å². The maximum absolute atomic E-state index is 12.3. The predicted octanol–water partition coefficient (Wildman–Crippen LogP) is 4.86. The van der Waals surface area contributed by atoms with Gasteiger partial charge < -0.3 is 15.3 Å². The van der Waals surface area contributed by atoms with Crippen LogP contribution in [0.1, 0.15) is 70.3 Å². The van der Waals surface area contributed by atoms with Crippen LogP contribution < -0.4 is 0 Å². The lowest BCUT2D eigenvalue weighted by atomic mass is 9.52. The van der Waals surface area contributed by atoms with E-state index in [1.165, 1.54) is 16.5 Å². The van der Waals surface area contributed by atoms with Crippen molar-refractivity contribution in [3.63, 3.8) is 0 Å². The Balaban J connectivity index is 1.38. The molecule has 6 unspecified atom stereocenters. The summed E-state index contributed by atoms with van der Waals surface area (Å²) in [4.78, 5) is 4.38. The zero-order valence-corrected chi connectivity index (χ0v) is 19.0. The van der Waals surface area contributed by atoms with Crippen LogP contribution in [0, 0.1) is 23.2 Å². The van der Waals surface area contributed by atoms with Gasteiger partial charge in [-0.25, -0.2) is 0 Å². The van der Waals surface area contributed by atoms with E-state index >= 15 is 0 Å². The normalized spacial score (nSPS) is 43.7. The fourth-order valence-corrected chi connectivity index (χ4v) is 8.18. The molecule has 0 aliphatic heterocycles. The van der Waals surface area contributed by atoms with Crippen LogP contribution in [0.25, 0.3) is 16.3 Å². The minimum Gasteiger partial charge on any atom is -0.393 e. The van der Waals surface area contributed by atoms with E-state index in [0.29, 0.717) is 31.1 Å². The van der Waals surface area contributed by atoms with Crippen LogP contribution in [0.15, 0.2) is 42.7 Å². The summed E-state index contributed by atoms with van der Waals surface area (Å²) >= 11 is 0. The minimum absolute atomic E-state index is 0.0146. The molecule has 32 heavy (non-hydrogen) atoms. The molecule has 2 aromatic rings. The summed E-state index contributed by atoms with van der Waals surface area (Å²) in [6, 6.07) is 8.50. The molecule has 3 fully saturated rings. The number of hydrogen-bond donors (Lipinski definition) is 3. The van der Waals surface area contributed by atoms with Gasteiger partial charge in [-0.1, -0.05) is 31.2 Å². The van der Waals surface area contributed by atoms with Crippen molar-refractivity contribution in [1.29, 1.82) is 0 Å². The highest BCUT2D eigenvalue weighted by molar-refractivity contribution is 5.95. The number of benzene rings is 1. The number of aliphatic hydroxyl groups excluding tert-OH is 1. The third kappa shape index (κ3) is 2.82. The molecule has 3 N–H and O–H groups in total. The first-order chi connectivity index (χ1) is 15.3. The van der Waals surface area contributed by atoms with E-state index in [2.05, 4.69) is 42.2 Å². The third-order valence-corrected chi connectivity index (χ3v) is 9.96. The second-order valence-corrected chi connectivity index (χ2v) is 11.4. The van der Waals surface area contributed by atoms with Gasteiger partial charge in [0.25, 0.3) is 0 Å². The number of fused-ring (bicyclic) bond motifs is 5. The SMILES string of the molecule is CC12CCC3(O)CC4CC(O)CCC4CC[C@]3(O)C1CC=C2c1cccc2ccncc12. The van der Waals surface area contributed by atoms with Gasteiger partial charge in [-0.15, -0.1) is 0 Å². The molecular weight excluding hydrogens is 398 g/mol. The molecule has 4 aliphatic rings. The van der Waals surface area contributed by atoms with E-state index in [9.17, 15) is 15.3 Å². The quantitative estimate of drug-likeness (QED) is 0.600. The van der Waals surface area contributed by atoms with Crippen molar-refractivity contribution in [2.24, 2.45) is 23.2 Å². The number of hydrogen-bond acceptors (Lipinski definition) is 4. The zero-order valence-electron chi connectivity index (χ0n) is 19.0. The molecule has 3 saturated carbocycles. The Hall–Kier alpha value is -1.75. The molecule has 4 nitrogen and oxygen atoms in total. The van der Waals surface area contributed by atoms with Gasteiger partial charge in [0, 0.05) is 23.7 Å². The average molecular weight is 434 g/mol. The fourth-order valence-electron chi connectivity index (χ4n) is 8.18. The standard InChI is InChI=1S/C28H35NO3/c1-26-12-13-27(31)16-20-15-21(30)6-5-18(20)9-11-28(27,32)25(26)8-7-24(26)22-4-2-3-19-10-14-29-17-23(19)22/h2-4,7,10,14,17-18,20-21,25,30-32H,5-6,8-9,11-13,15-16H2,1H3/t18?,20?,21?,25?,26?,27?,28-/m0/s1. The van der Waals surface area contributed by atoms with E-state index in [-0.39, 0.29) is 17.4 Å². The second-order valence-electron chi connectivity index (χ2n) is 11.4. The topological polar surface area (TPSA) is 73.6 Å². The minimum atomic E-state index is -1.08. The van der Waals surface area contributed by atoms with Crippen molar-refractivity contribution >= 4 is 16.3 Å². The molecular formula is C28H35NO3. The molecule has 7 atom stereocenters. The van der Waals surface area contributed by atoms with E-state index in [4.69, 9.17) is 0 Å². The highest BCUT2D eigenvalue weighted by atomic mass is 16.4. The Morgan fingerprint density at radius 2 is 1.88 bits per heavy atom. The average Bonchev–Trinajstić information content (AvgIpc) is 3.08. The smallest absolute Gasteiger partial charge is 0.0972 e. The van der Waals surface area contributed by atoms with Crippen LogP contribution in [-0.2, 0) is 0 Å². The first kappa shape index (κ1) is 20.8. The molecule has 0 bridgehead atoms. The number of rotatable bonds is 1. The van der Waals surface area contributed by atoms with Gasteiger partial charge >= 0.3 is 0 Å². The van der Waals surface area contributed by atoms with Gasteiger partial charge in [-0.3, -0.25) is 4.98 Å². The number of nitrogens with zero attached hydrogens (tertiary/aromatic N) is 1. The first-order valence-corrected chi connectivity index (χ1v) is 12.5. The van der Waals surface area contributed by atoms with Crippen molar-refractivity contribution in [2.45, 2.75) is 82.0 Å². The number of pyridine rings is 1. The summed E-state index contributed by atoms with van der Waals surface area (Å²) in [6.07, 6.45) is 13.1. The summed E-state index contributed by atoms with van der Waals surface area (Å²) in [5, 5.41) is 36.9. The molecule has 1 aromatic carbocycles. The molecule has 1 aromatic heterocycles. The van der Waals surface area contributed by atoms with Gasteiger partial charge in [-0.05, 0) is 97.6 Å². The maximum atomic E-state index is 12.3. The molecule has 0 radical (unpaired) electrons. The second kappa shape index (κ2) is 7.12. The summed E-state index contributed by atoms with van der Waals surface area (Å²) < 4.78 is 0. The van der Waals surface area contributed by atoms with Crippen LogP contribution in [0.3, 0.4) is 0 Å². The summed E-state index contributed by atoms with van der Waals surface area (Å²) in [7, 11) is 0. The van der Waals surface area contributed by atoms with Crippen molar-refractivity contribution in [2.75, 3.05) is 0 Å². The van der Waals surface area contributed by atoms with Gasteiger partial charge in [-0.2, -0.15) is 0 Å². The van der Waals surface area contributed by atoms with E-state index < -0.39 is 11.2 Å². The van der Waals surface area contributed by atoms with Crippen molar-refractivity contribution < 1.29 is 15.3 Å². The molecule has 4 heteroatoms. The van der Waals surface area contributed by atoms with Crippen molar-refractivity contribution in [1.82, 2.24) is 4.98 Å². The van der Waals surface area contributed by atoms with Gasteiger partial charge in [0.2, 0.25) is 0 Å². The Kier molecular flexibility index (Phi) is 4.64. The lowest BCUT2D eigenvalue weighted by molar-refractivity contribution is -0.228. The summed E-state index contributed by atoms with van der Waals surface area (Å²) in [5.74, 6) is 0.849. The number of aliphatic hydroxyl groups is 3. The Morgan fingerprint density at radius 3 is 2.75 bits per heavy atom. The highest BCUT2D eigenvalue weighted by Gasteiger charge is 2.65. The van der Waals surface area contributed by atoms with E-state index in [1.807, 2.05) is 12.4 Å². The lowest BCUT2D eigenvalue weighted by Crippen LogP contribution is -2.64.